The fourth-order valence-electron chi connectivity index (χ4n) is 2.75. The Morgan fingerprint density at radius 2 is 1.76 bits per heavy atom. The van der Waals surface area contributed by atoms with Crippen molar-refractivity contribution >= 4 is 22.0 Å². The van der Waals surface area contributed by atoms with Gasteiger partial charge in [-0.3, -0.25) is 4.79 Å². The van der Waals surface area contributed by atoms with Crippen LogP contribution in [0.3, 0.4) is 0 Å². The van der Waals surface area contributed by atoms with Crippen molar-refractivity contribution in [2.24, 2.45) is 0 Å². The number of carbonyl (C=O) groups excluding carboxylic acids is 2. The first-order valence-corrected chi connectivity index (χ1v) is 10.4. The SMILES string of the molecule is CCOC(=O)N1CCC(NS(=O)(=O)c2ccc(C(=O)NCC(F)(F)F)cc2)CC1. The number of sulfonamides is 1. The molecular formula is C17H22F3N3O5S. The van der Waals surface area contributed by atoms with Gasteiger partial charge >= 0.3 is 12.3 Å². The molecule has 1 fully saturated rings. The zero-order valence-electron chi connectivity index (χ0n) is 15.7. The number of carbonyl (C=O) groups is 2. The Kier molecular flexibility index (Phi) is 7.47. The normalized spacial score (nSPS) is 15.8. The molecule has 0 bridgehead atoms. The zero-order chi connectivity index (χ0) is 21.7. The number of alkyl halides is 3. The maximum absolute atomic E-state index is 12.5. The fourth-order valence-corrected chi connectivity index (χ4v) is 4.06. The van der Waals surface area contributed by atoms with Crippen LogP contribution in [0.25, 0.3) is 0 Å². The lowest BCUT2D eigenvalue weighted by Crippen LogP contribution is -2.46. The smallest absolute Gasteiger partial charge is 0.409 e. The largest absolute Gasteiger partial charge is 0.450 e. The monoisotopic (exact) mass is 437 g/mol. The Morgan fingerprint density at radius 3 is 2.28 bits per heavy atom. The van der Waals surface area contributed by atoms with Crippen molar-refractivity contribution in [1.29, 1.82) is 0 Å². The van der Waals surface area contributed by atoms with Crippen molar-refractivity contribution in [2.45, 2.75) is 36.9 Å². The van der Waals surface area contributed by atoms with Crippen molar-refractivity contribution in [3.63, 3.8) is 0 Å². The lowest BCUT2D eigenvalue weighted by molar-refractivity contribution is -0.123. The molecule has 1 aliphatic rings. The van der Waals surface area contributed by atoms with Crippen LogP contribution in [0.4, 0.5) is 18.0 Å². The van der Waals surface area contributed by atoms with Gasteiger partial charge in [0.15, 0.2) is 0 Å². The van der Waals surface area contributed by atoms with E-state index >= 15 is 0 Å². The summed E-state index contributed by atoms with van der Waals surface area (Å²) in [7, 11) is -3.88. The van der Waals surface area contributed by atoms with Gasteiger partial charge in [-0.05, 0) is 44.0 Å². The standard InChI is InChI=1S/C17H22F3N3O5S/c1-2-28-16(25)23-9-7-13(8-10-23)22-29(26,27)14-5-3-12(4-6-14)15(24)21-11-17(18,19)20/h3-6,13,22H,2,7-11H2,1H3,(H,21,24). The number of ether oxygens (including phenoxy) is 1. The molecular weight excluding hydrogens is 415 g/mol. The maximum atomic E-state index is 12.5. The van der Waals surface area contributed by atoms with E-state index in [1.54, 1.807) is 12.2 Å². The molecule has 2 rings (SSSR count). The molecule has 1 heterocycles. The molecule has 1 aromatic carbocycles. The van der Waals surface area contributed by atoms with E-state index < -0.39 is 34.7 Å². The number of likely N-dealkylation sites (tertiary alicyclic amines) is 1. The van der Waals surface area contributed by atoms with Crippen LogP contribution in [0.1, 0.15) is 30.1 Å². The second kappa shape index (κ2) is 9.44. The summed E-state index contributed by atoms with van der Waals surface area (Å²) in [5, 5.41) is 1.71. The number of hydrogen-bond donors (Lipinski definition) is 2. The highest BCUT2D eigenvalue weighted by Crippen LogP contribution is 2.17. The topological polar surface area (TPSA) is 105 Å². The van der Waals surface area contributed by atoms with Crippen LogP contribution in [0.2, 0.25) is 0 Å². The van der Waals surface area contributed by atoms with Gasteiger partial charge in [0.2, 0.25) is 10.0 Å². The summed E-state index contributed by atoms with van der Waals surface area (Å²) in [6, 6.07) is 4.21. The molecule has 0 spiro atoms. The van der Waals surface area contributed by atoms with Gasteiger partial charge in [-0.2, -0.15) is 13.2 Å². The molecule has 0 radical (unpaired) electrons. The number of nitrogens with zero attached hydrogens (tertiary/aromatic N) is 1. The van der Waals surface area contributed by atoms with Crippen LogP contribution < -0.4 is 10.0 Å². The average Bonchev–Trinajstić information content (AvgIpc) is 2.66. The average molecular weight is 437 g/mol. The third-order valence-electron chi connectivity index (χ3n) is 4.22. The molecule has 1 aliphatic heterocycles. The lowest BCUT2D eigenvalue weighted by Gasteiger charge is -2.31. The highest BCUT2D eigenvalue weighted by molar-refractivity contribution is 7.89. The Labute approximate surface area is 166 Å². The van der Waals surface area contributed by atoms with E-state index in [4.69, 9.17) is 4.74 Å². The highest BCUT2D eigenvalue weighted by atomic mass is 32.2. The quantitative estimate of drug-likeness (QED) is 0.707. The number of benzene rings is 1. The number of nitrogens with one attached hydrogen (secondary N) is 2. The molecule has 29 heavy (non-hydrogen) atoms. The first-order chi connectivity index (χ1) is 13.5. The van der Waals surface area contributed by atoms with Crippen molar-refractivity contribution < 1.29 is 35.9 Å². The van der Waals surface area contributed by atoms with Crippen LogP contribution in [-0.2, 0) is 14.8 Å². The van der Waals surface area contributed by atoms with Crippen molar-refractivity contribution in [1.82, 2.24) is 14.9 Å². The number of piperidine rings is 1. The lowest BCUT2D eigenvalue weighted by atomic mass is 10.1. The van der Waals surface area contributed by atoms with Crippen LogP contribution >= 0.6 is 0 Å². The van der Waals surface area contributed by atoms with E-state index in [9.17, 15) is 31.2 Å². The van der Waals surface area contributed by atoms with Crippen molar-refractivity contribution in [3.05, 3.63) is 29.8 Å². The first-order valence-electron chi connectivity index (χ1n) is 8.91. The Hall–Kier alpha value is -2.34. The number of amides is 2. The van der Waals surface area contributed by atoms with E-state index in [-0.39, 0.29) is 23.1 Å². The minimum Gasteiger partial charge on any atom is -0.450 e. The van der Waals surface area contributed by atoms with Gasteiger partial charge < -0.3 is 15.0 Å². The van der Waals surface area contributed by atoms with E-state index in [0.717, 1.165) is 24.3 Å². The zero-order valence-corrected chi connectivity index (χ0v) is 16.5. The van der Waals surface area contributed by atoms with Gasteiger partial charge in [-0.1, -0.05) is 0 Å². The van der Waals surface area contributed by atoms with Crippen LogP contribution in [0, 0.1) is 0 Å². The molecule has 0 unspecified atom stereocenters. The van der Waals surface area contributed by atoms with Crippen molar-refractivity contribution in [3.8, 4) is 0 Å². The minimum atomic E-state index is -4.54. The van der Waals surface area contributed by atoms with Gasteiger partial charge in [-0.25, -0.2) is 17.9 Å². The van der Waals surface area contributed by atoms with E-state index in [2.05, 4.69) is 4.72 Å². The van der Waals surface area contributed by atoms with Crippen LogP contribution in [-0.4, -0.2) is 63.8 Å². The van der Waals surface area contributed by atoms with Crippen molar-refractivity contribution in [2.75, 3.05) is 26.2 Å². The number of halogens is 3. The van der Waals surface area contributed by atoms with E-state index in [1.165, 1.54) is 4.90 Å². The molecule has 2 amide bonds. The van der Waals surface area contributed by atoms with E-state index in [0.29, 0.717) is 25.9 Å². The molecule has 1 aromatic rings. The number of rotatable bonds is 6. The Bertz CT molecular complexity index is 820. The molecule has 0 saturated carbocycles. The molecule has 162 valence electrons. The molecule has 8 nitrogen and oxygen atoms in total. The third-order valence-corrected chi connectivity index (χ3v) is 5.76. The maximum Gasteiger partial charge on any atom is 0.409 e. The summed E-state index contributed by atoms with van der Waals surface area (Å²) in [5.74, 6) is -0.953. The molecule has 2 N–H and O–H groups in total. The van der Waals surface area contributed by atoms with E-state index in [1.807, 2.05) is 0 Å². The summed E-state index contributed by atoms with van der Waals surface area (Å²) < 4.78 is 68.9. The molecule has 12 heteroatoms. The van der Waals surface area contributed by atoms with Crippen LogP contribution in [0.15, 0.2) is 29.2 Å². The van der Waals surface area contributed by atoms with Crippen LogP contribution in [0.5, 0.6) is 0 Å². The summed E-state index contributed by atoms with van der Waals surface area (Å²) in [6.07, 6.45) is -4.15. The summed E-state index contributed by atoms with van der Waals surface area (Å²) in [5.41, 5.74) is -0.0871. The second-order valence-electron chi connectivity index (χ2n) is 6.40. The first kappa shape index (κ1) is 22.9. The van der Waals surface area contributed by atoms with Gasteiger partial charge in [0.1, 0.15) is 6.54 Å². The van der Waals surface area contributed by atoms with Gasteiger partial charge in [0, 0.05) is 24.7 Å². The minimum absolute atomic E-state index is 0.0871. The molecule has 0 aliphatic carbocycles. The second-order valence-corrected chi connectivity index (χ2v) is 8.12. The Balaban J connectivity index is 1.93. The highest BCUT2D eigenvalue weighted by Gasteiger charge is 2.29. The molecule has 0 atom stereocenters. The number of hydrogen-bond acceptors (Lipinski definition) is 5. The van der Waals surface area contributed by atoms with Gasteiger partial charge in [0.25, 0.3) is 5.91 Å². The molecule has 1 saturated heterocycles. The third kappa shape index (κ3) is 6.89. The van der Waals surface area contributed by atoms with Gasteiger partial charge in [-0.15, -0.1) is 0 Å². The summed E-state index contributed by atoms with van der Waals surface area (Å²) in [6.45, 7) is 1.19. The van der Waals surface area contributed by atoms with Gasteiger partial charge in [0.05, 0.1) is 11.5 Å². The summed E-state index contributed by atoms with van der Waals surface area (Å²) in [4.78, 5) is 24.7. The Morgan fingerprint density at radius 1 is 1.17 bits per heavy atom. The predicted octanol–water partition coefficient (Wildman–Crippen LogP) is 1.88. The fraction of sp³-hybridized carbons (Fsp3) is 0.529. The predicted molar refractivity (Wildman–Crippen MR) is 96.8 cm³/mol. The summed E-state index contributed by atoms with van der Waals surface area (Å²) >= 11 is 0. The molecule has 0 aromatic heterocycles.